The number of aryl methyl sites for hydroxylation is 2. The van der Waals surface area contributed by atoms with Crippen LogP contribution in [0.25, 0.3) is 10.6 Å². The van der Waals surface area contributed by atoms with E-state index >= 15 is 0 Å². The molecule has 1 heterocycles. The van der Waals surface area contributed by atoms with Gasteiger partial charge in [0.1, 0.15) is 9.88 Å². The molecule has 1 aromatic heterocycles. The van der Waals surface area contributed by atoms with E-state index in [1.54, 1.807) is 39.0 Å². The maximum atomic E-state index is 12.9. The number of carbonyl (C=O) groups is 1. The van der Waals surface area contributed by atoms with E-state index in [9.17, 15) is 13.2 Å². The number of thiazole rings is 1. The Morgan fingerprint density at radius 2 is 1.74 bits per heavy atom. The normalized spacial score (nSPS) is 11.6. The van der Waals surface area contributed by atoms with Crippen LogP contribution in [0, 0.1) is 6.92 Å². The molecule has 0 spiro atoms. The first-order valence-corrected chi connectivity index (χ1v) is 12.5. The molecule has 2 aromatic carbocycles. The summed E-state index contributed by atoms with van der Waals surface area (Å²) in [6.45, 7) is 8.28. The zero-order valence-electron chi connectivity index (χ0n) is 18.2. The van der Waals surface area contributed by atoms with Crippen LogP contribution in [-0.2, 0) is 16.4 Å². The monoisotopic (exact) mass is 457 g/mol. The highest BCUT2D eigenvalue weighted by Gasteiger charge is 2.22. The van der Waals surface area contributed by atoms with Crippen molar-refractivity contribution in [1.82, 2.24) is 9.29 Å². The summed E-state index contributed by atoms with van der Waals surface area (Å²) in [5.74, 6) is -0.302. The van der Waals surface area contributed by atoms with Crippen LogP contribution in [-0.4, -0.2) is 36.7 Å². The Hall–Kier alpha value is -2.55. The average Bonchev–Trinajstić information content (AvgIpc) is 3.16. The first kappa shape index (κ1) is 23.1. The Labute approximate surface area is 188 Å². The number of sulfonamides is 1. The van der Waals surface area contributed by atoms with Crippen molar-refractivity contribution in [3.05, 3.63) is 64.7 Å². The smallest absolute Gasteiger partial charge is 0.267 e. The number of carbonyl (C=O) groups excluding carboxylic acids is 1. The van der Waals surface area contributed by atoms with E-state index in [2.05, 4.69) is 29.4 Å². The molecule has 0 aliphatic heterocycles. The Balaban J connectivity index is 1.83. The lowest BCUT2D eigenvalue weighted by Gasteiger charge is -2.18. The van der Waals surface area contributed by atoms with Gasteiger partial charge in [0.05, 0.1) is 10.6 Å². The van der Waals surface area contributed by atoms with Crippen LogP contribution in [0.1, 0.15) is 41.7 Å². The van der Waals surface area contributed by atoms with E-state index in [1.165, 1.54) is 27.3 Å². The van der Waals surface area contributed by atoms with Crippen molar-refractivity contribution in [1.29, 1.82) is 0 Å². The predicted octanol–water partition coefficient (Wildman–Crippen LogP) is 4.96. The lowest BCUT2D eigenvalue weighted by molar-refractivity contribution is 0.102. The minimum Gasteiger partial charge on any atom is -0.321 e. The van der Waals surface area contributed by atoms with Gasteiger partial charge in [-0.05, 0) is 37.1 Å². The molecule has 6 nitrogen and oxygen atoms in total. The molecule has 0 aliphatic carbocycles. The number of amides is 1. The van der Waals surface area contributed by atoms with Gasteiger partial charge in [-0.25, -0.2) is 13.4 Å². The maximum Gasteiger partial charge on any atom is 0.267 e. The lowest BCUT2D eigenvalue weighted by Crippen LogP contribution is -2.30. The van der Waals surface area contributed by atoms with Crippen LogP contribution in [0.15, 0.2) is 53.4 Å². The highest BCUT2D eigenvalue weighted by Crippen LogP contribution is 2.29. The average molecular weight is 458 g/mol. The summed E-state index contributed by atoms with van der Waals surface area (Å²) >= 11 is 1.33. The predicted molar refractivity (Wildman–Crippen MR) is 126 cm³/mol. The number of hydrogen-bond acceptors (Lipinski definition) is 5. The summed E-state index contributed by atoms with van der Waals surface area (Å²) in [6, 6.07) is 14.5. The summed E-state index contributed by atoms with van der Waals surface area (Å²) < 4.78 is 26.9. The molecule has 3 aromatic rings. The van der Waals surface area contributed by atoms with Crippen LogP contribution >= 0.6 is 11.3 Å². The highest BCUT2D eigenvalue weighted by molar-refractivity contribution is 7.89. The molecule has 0 fully saturated rings. The van der Waals surface area contributed by atoms with Crippen molar-refractivity contribution in [3.8, 4) is 10.6 Å². The number of anilines is 1. The molecule has 8 heteroatoms. The zero-order chi connectivity index (χ0) is 22.6. The fourth-order valence-corrected chi connectivity index (χ4v) is 5.72. The quantitative estimate of drug-likeness (QED) is 0.518. The van der Waals surface area contributed by atoms with Gasteiger partial charge in [0.25, 0.3) is 5.91 Å². The zero-order valence-corrected chi connectivity index (χ0v) is 19.8. The molecule has 0 bridgehead atoms. The second-order valence-electron chi connectivity index (χ2n) is 7.06. The van der Waals surface area contributed by atoms with Gasteiger partial charge in [0.2, 0.25) is 10.0 Å². The fourth-order valence-electron chi connectivity index (χ4n) is 3.25. The van der Waals surface area contributed by atoms with Crippen molar-refractivity contribution in [3.63, 3.8) is 0 Å². The number of hydrogen-bond donors (Lipinski definition) is 1. The third-order valence-electron chi connectivity index (χ3n) is 5.05. The van der Waals surface area contributed by atoms with E-state index in [4.69, 9.17) is 0 Å². The van der Waals surface area contributed by atoms with E-state index in [0.717, 1.165) is 17.0 Å². The van der Waals surface area contributed by atoms with Gasteiger partial charge in [-0.2, -0.15) is 4.31 Å². The molecule has 0 saturated heterocycles. The van der Waals surface area contributed by atoms with Gasteiger partial charge in [-0.15, -0.1) is 11.3 Å². The molecule has 1 N–H and O–H groups in total. The Morgan fingerprint density at radius 3 is 2.35 bits per heavy atom. The van der Waals surface area contributed by atoms with Crippen LogP contribution in [0.2, 0.25) is 0 Å². The molecule has 0 atom stereocenters. The van der Waals surface area contributed by atoms with Crippen LogP contribution in [0.5, 0.6) is 0 Å². The Bertz CT molecular complexity index is 1170. The van der Waals surface area contributed by atoms with Crippen molar-refractivity contribution in [2.75, 3.05) is 18.4 Å². The fraction of sp³-hybridized carbons (Fsp3) is 0.304. The minimum atomic E-state index is -3.60. The largest absolute Gasteiger partial charge is 0.321 e. The van der Waals surface area contributed by atoms with Gasteiger partial charge < -0.3 is 5.32 Å². The van der Waals surface area contributed by atoms with E-state index in [1.807, 2.05) is 12.1 Å². The molecule has 0 unspecified atom stereocenters. The minimum absolute atomic E-state index is 0.159. The molecule has 0 saturated carbocycles. The first-order chi connectivity index (χ1) is 14.8. The third kappa shape index (κ3) is 5.03. The second kappa shape index (κ2) is 9.72. The standard InChI is InChI=1S/C23H27N3O3S2/c1-5-17-11-13-18(14-12-17)23-24-16(4)21(30-23)22(27)25-19-9-8-10-20(15-19)31(28,29)26(6-2)7-3/h8-15H,5-7H2,1-4H3,(H,25,27). The number of nitrogens with one attached hydrogen (secondary N) is 1. The molecule has 1 amide bonds. The lowest BCUT2D eigenvalue weighted by atomic mass is 10.1. The van der Waals surface area contributed by atoms with E-state index in [0.29, 0.717) is 29.3 Å². The number of nitrogens with zero attached hydrogens (tertiary/aromatic N) is 2. The van der Waals surface area contributed by atoms with Gasteiger partial charge >= 0.3 is 0 Å². The maximum absolute atomic E-state index is 12.9. The van der Waals surface area contributed by atoms with E-state index < -0.39 is 10.0 Å². The summed E-state index contributed by atoms with van der Waals surface area (Å²) in [7, 11) is -3.60. The molecule has 3 rings (SSSR count). The van der Waals surface area contributed by atoms with Gasteiger partial charge in [-0.1, -0.05) is 51.1 Å². The van der Waals surface area contributed by atoms with Crippen LogP contribution in [0.4, 0.5) is 5.69 Å². The Morgan fingerprint density at radius 1 is 1.06 bits per heavy atom. The number of benzene rings is 2. The summed E-state index contributed by atoms with van der Waals surface area (Å²) in [5.41, 5.74) is 3.29. The molecule has 164 valence electrons. The Kier molecular flexibility index (Phi) is 7.25. The summed E-state index contributed by atoms with van der Waals surface area (Å²) in [5, 5.41) is 3.60. The highest BCUT2D eigenvalue weighted by atomic mass is 32.2. The van der Waals surface area contributed by atoms with Crippen LogP contribution < -0.4 is 5.32 Å². The van der Waals surface area contributed by atoms with E-state index in [-0.39, 0.29) is 10.8 Å². The molecule has 0 radical (unpaired) electrons. The molecule has 0 aliphatic rings. The van der Waals surface area contributed by atoms with Crippen molar-refractivity contribution in [2.24, 2.45) is 0 Å². The van der Waals surface area contributed by atoms with Crippen molar-refractivity contribution < 1.29 is 13.2 Å². The van der Waals surface area contributed by atoms with Crippen molar-refractivity contribution in [2.45, 2.75) is 39.0 Å². The molecular weight excluding hydrogens is 430 g/mol. The van der Waals surface area contributed by atoms with Crippen LogP contribution in [0.3, 0.4) is 0 Å². The number of rotatable bonds is 8. The molecular formula is C23H27N3O3S2. The third-order valence-corrected chi connectivity index (χ3v) is 8.30. The summed E-state index contributed by atoms with van der Waals surface area (Å²) in [4.78, 5) is 18.1. The molecule has 31 heavy (non-hydrogen) atoms. The van der Waals surface area contributed by atoms with Gasteiger partial charge in [0, 0.05) is 24.3 Å². The van der Waals surface area contributed by atoms with Crippen molar-refractivity contribution >= 4 is 33.0 Å². The first-order valence-electron chi connectivity index (χ1n) is 10.3. The van der Waals surface area contributed by atoms with Gasteiger partial charge in [0.15, 0.2) is 0 Å². The second-order valence-corrected chi connectivity index (χ2v) is 9.99. The SMILES string of the molecule is CCc1ccc(-c2nc(C)c(C(=O)Nc3cccc(S(=O)(=O)N(CC)CC)c3)s2)cc1. The topological polar surface area (TPSA) is 79.4 Å². The summed E-state index contributed by atoms with van der Waals surface area (Å²) in [6.07, 6.45) is 0.966. The van der Waals surface area contributed by atoms with Gasteiger partial charge in [-0.3, -0.25) is 4.79 Å². The number of aromatic nitrogens is 1.